The molecule has 0 atom stereocenters. The Kier molecular flexibility index (Phi) is 3.26. The predicted molar refractivity (Wildman–Crippen MR) is 69.5 cm³/mol. The maximum absolute atomic E-state index is 11.2. The molecule has 0 spiro atoms. The van der Waals surface area contributed by atoms with Gasteiger partial charge in [0, 0.05) is 12.1 Å². The predicted octanol–water partition coefficient (Wildman–Crippen LogP) is 0.960. The first-order valence-corrected chi connectivity index (χ1v) is 7.42. The first-order chi connectivity index (χ1) is 7.94. The van der Waals surface area contributed by atoms with Gasteiger partial charge in [-0.05, 0) is 25.0 Å². The van der Waals surface area contributed by atoms with E-state index in [4.69, 9.17) is 5.73 Å². The third kappa shape index (κ3) is 3.34. The van der Waals surface area contributed by atoms with Crippen LogP contribution in [-0.2, 0) is 10.0 Å². The molecule has 0 bridgehead atoms. The largest absolute Gasteiger partial charge is 0.380 e. The van der Waals surface area contributed by atoms with Crippen LogP contribution in [0.3, 0.4) is 0 Å². The number of nitrogens with one attached hydrogen (secondary N) is 2. The molecule has 0 aromatic heterocycles. The van der Waals surface area contributed by atoms with Crippen molar-refractivity contribution >= 4 is 21.4 Å². The average Bonchev–Trinajstić information content (AvgIpc) is 2.16. The van der Waals surface area contributed by atoms with Crippen LogP contribution in [0.1, 0.15) is 12.8 Å². The smallest absolute Gasteiger partial charge is 0.229 e. The molecule has 94 valence electrons. The fraction of sp³-hybridized carbons (Fsp3) is 0.455. The Morgan fingerprint density at radius 2 is 1.82 bits per heavy atom. The Morgan fingerprint density at radius 3 is 2.35 bits per heavy atom. The summed E-state index contributed by atoms with van der Waals surface area (Å²) < 4.78 is 24.9. The minimum absolute atomic E-state index is 0.266. The number of hydrogen-bond acceptors (Lipinski definition) is 4. The van der Waals surface area contributed by atoms with Crippen molar-refractivity contribution in [2.45, 2.75) is 24.9 Å². The third-order valence-electron chi connectivity index (χ3n) is 2.76. The summed E-state index contributed by atoms with van der Waals surface area (Å²) in [6.45, 7) is 0. The quantitative estimate of drug-likeness (QED) is 0.748. The standard InChI is InChI=1S/C11H17N3O2S/c1-17(15,16)14-11-5-3-2-4-10(11)13-9-6-8(12)7-9/h2-5,8-9,13-14H,6-7,12H2,1H3. The van der Waals surface area contributed by atoms with Gasteiger partial charge in [0.15, 0.2) is 0 Å². The molecule has 1 aromatic rings. The SMILES string of the molecule is CS(=O)(=O)Nc1ccccc1NC1CC(N)C1. The second-order valence-electron chi connectivity index (χ2n) is 4.49. The van der Waals surface area contributed by atoms with Gasteiger partial charge >= 0.3 is 0 Å². The van der Waals surface area contributed by atoms with Crippen molar-refractivity contribution in [2.24, 2.45) is 5.73 Å². The first-order valence-electron chi connectivity index (χ1n) is 5.53. The number of rotatable bonds is 4. The van der Waals surface area contributed by atoms with Gasteiger partial charge in [-0.15, -0.1) is 0 Å². The molecule has 0 unspecified atom stereocenters. The van der Waals surface area contributed by atoms with Gasteiger partial charge in [0.1, 0.15) is 0 Å². The van der Waals surface area contributed by atoms with Crippen molar-refractivity contribution in [1.82, 2.24) is 0 Å². The Hall–Kier alpha value is -1.27. The molecule has 1 aromatic carbocycles. The molecule has 1 saturated carbocycles. The lowest BCUT2D eigenvalue weighted by Crippen LogP contribution is -2.44. The zero-order chi connectivity index (χ0) is 12.5. The summed E-state index contributed by atoms with van der Waals surface area (Å²) in [5, 5.41) is 3.29. The van der Waals surface area contributed by atoms with Crippen LogP contribution in [0, 0.1) is 0 Å². The summed E-state index contributed by atoms with van der Waals surface area (Å²) >= 11 is 0. The van der Waals surface area contributed by atoms with E-state index in [1.807, 2.05) is 12.1 Å². The molecule has 0 aliphatic heterocycles. The highest BCUT2D eigenvalue weighted by Crippen LogP contribution is 2.27. The summed E-state index contributed by atoms with van der Waals surface area (Å²) in [6, 6.07) is 7.87. The van der Waals surface area contributed by atoms with Crippen molar-refractivity contribution in [3.63, 3.8) is 0 Å². The van der Waals surface area contributed by atoms with Crippen LogP contribution in [-0.4, -0.2) is 26.8 Å². The average molecular weight is 255 g/mol. The molecule has 0 amide bonds. The van der Waals surface area contributed by atoms with Gasteiger partial charge in [-0.1, -0.05) is 12.1 Å². The number of benzene rings is 1. The molecule has 1 aliphatic carbocycles. The summed E-state index contributed by atoms with van der Waals surface area (Å²) in [4.78, 5) is 0. The molecule has 0 saturated heterocycles. The van der Waals surface area contributed by atoms with E-state index in [0.29, 0.717) is 11.7 Å². The lowest BCUT2D eigenvalue weighted by molar-refractivity contribution is 0.374. The monoisotopic (exact) mass is 255 g/mol. The van der Waals surface area contributed by atoms with E-state index < -0.39 is 10.0 Å². The summed E-state index contributed by atoms with van der Waals surface area (Å²) in [7, 11) is -3.25. The Morgan fingerprint density at radius 1 is 1.24 bits per heavy atom. The van der Waals surface area contributed by atoms with Crippen molar-refractivity contribution in [3.8, 4) is 0 Å². The summed E-state index contributed by atoms with van der Waals surface area (Å²) in [5.74, 6) is 0. The second kappa shape index (κ2) is 4.54. The van der Waals surface area contributed by atoms with Crippen LogP contribution in [0.2, 0.25) is 0 Å². The van der Waals surface area contributed by atoms with Crippen LogP contribution >= 0.6 is 0 Å². The number of nitrogens with two attached hydrogens (primary N) is 1. The van der Waals surface area contributed by atoms with Gasteiger partial charge < -0.3 is 11.1 Å². The topological polar surface area (TPSA) is 84.2 Å². The molecular weight excluding hydrogens is 238 g/mol. The van der Waals surface area contributed by atoms with Gasteiger partial charge in [-0.2, -0.15) is 0 Å². The normalized spacial score (nSPS) is 23.9. The van der Waals surface area contributed by atoms with Crippen molar-refractivity contribution in [3.05, 3.63) is 24.3 Å². The minimum atomic E-state index is -3.25. The highest BCUT2D eigenvalue weighted by Gasteiger charge is 2.26. The van der Waals surface area contributed by atoms with Crippen LogP contribution in [0.4, 0.5) is 11.4 Å². The van der Waals surface area contributed by atoms with Gasteiger partial charge in [-0.25, -0.2) is 8.42 Å². The second-order valence-corrected chi connectivity index (χ2v) is 6.24. The molecule has 17 heavy (non-hydrogen) atoms. The molecule has 0 heterocycles. The van der Waals surface area contributed by atoms with Crippen molar-refractivity contribution < 1.29 is 8.42 Å². The molecule has 1 aliphatic rings. The van der Waals surface area contributed by atoms with E-state index in [9.17, 15) is 8.42 Å². The molecule has 4 N–H and O–H groups in total. The summed E-state index contributed by atoms with van der Waals surface area (Å²) in [5.41, 5.74) is 7.09. The fourth-order valence-electron chi connectivity index (χ4n) is 1.90. The molecule has 6 heteroatoms. The van der Waals surface area contributed by atoms with Crippen molar-refractivity contribution in [1.29, 1.82) is 0 Å². The molecule has 5 nitrogen and oxygen atoms in total. The molecule has 0 radical (unpaired) electrons. The van der Waals surface area contributed by atoms with E-state index in [2.05, 4.69) is 10.0 Å². The zero-order valence-electron chi connectivity index (χ0n) is 9.68. The minimum Gasteiger partial charge on any atom is -0.380 e. The number of anilines is 2. The van der Waals surface area contributed by atoms with E-state index in [1.165, 1.54) is 0 Å². The van der Waals surface area contributed by atoms with Gasteiger partial charge in [0.25, 0.3) is 0 Å². The van der Waals surface area contributed by atoms with Gasteiger partial charge in [0.2, 0.25) is 10.0 Å². The Balaban J connectivity index is 2.10. The van der Waals surface area contributed by atoms with E-state index >= 15 is 0 Å². The summed E-state index contributed by atoms with van der Waals surface area (Å²) in [6.07, 6.45) is 2.99. The number of hydrogen-bond donors (Lipinski definition) is 3. The van der Waals surface area contributed by atoms with Crippen LogP contribution in [0.15, 0.2) is 24.3 Å². The van der Waals surface area contributed by atoms with Gasteiger partial charge in [-0.3, -0.25) is 4.72 Å². The van der Waals surface area contributed by atoms with Crippen LogP contribution in [0.5, 0.6) is 0 Å². The van der Waals surface area contributed by atoms with Crippen LogP contribution < -0.4 is 15.8 Å². The highest BCUT2D eigenvalue weighted by molar-refractivity contribution is 7.92. The van der Waals surface area contributed by atoms with E-state index in [1.54, 1.807) is 12.1 Å². The zero-order valence-corrected chi connectivity index (χ0v) is 10.5. The van der Waals surface area contributed by atoms with E-state index in [0.717, 1.165) is 24.8 Å². The lowest BCUT2D eigenvalue weighted by Gasteiger charge is -2.34. The number of para-hydroxylation sites is 2. The third-order valence-corrected chi connectivity index (χ3v) is 3.35. The van der Waals surface area contributed by atoms with E-state index in [-0.39, 0.29) is 6.04 Å². The Bertz CT molecular complexity index is 495. The molecular formula is C11H17N3O2S. The van der Waals surface area contributed by atoms with Crippen molar-refractivity contribution in [2.75, 3.05) is 16.3 Å². The number of sulfonamides is 1. The molecule has 1 fully saturated rings. The maximum atomic E-state index is 11.2. The Labute approximate surface area is 101 Å². The van der Waals surface area contributed by atoms with Gasteiger partial charge in [0.05, 0.1) is 17.6 Å². The lowest BCUT2D eigenvalue weighted by atomic mass is 9.87. The first kappa shape index (κ1) is 12.2. The van der Waals surface area contributed by atoms with Crippen LogP contribution in [0.25, 0.3) is 0 Å². The molecule has 2 rings (SSSR count). The fourth-order valence-corrected chi connectivity index (χ4v) is 2.47. The highest BCUT2D eigenvalue weighted by atomic mass is 32.2. The maximum Gasteiger partial charge on any atom is 0.229 e.